The van der Waals surface area contributed by atoms with Gasteiger partial charge in [-0.1, -0.05) is 35.3 Å². The Balaban J connectivity index is 2.05. The molecule has 0 N–H and O–H groups in total. The summed E-state index contributed by atoms with van der Waals surface area (Å²) in [5, 5.41) is 1.02. The lowest BCUT2D eigenvalue weighted by atomic mass is 10.1. The molecule has 2 heterocycles. The van der Waals surface area contributed by atoms with E-state index in [0.29, 0.717) is 15.9 Å². The van der Waals surface area contributed by atoms with Gasteiger partial charge in [-0.15, -0.1) is 0 Å². The van der Waals surface area contributed by atoms with Crippen LogP contribution in [-0.4, -0.2) is 15.0 Å². The Kier molecular flexibility index (Phi) is 3.63. The van der Waals surface area contributed by atoms with Crippen molar-refractivity contribution in [3.8, 4) is 22.8 Å². The van der Waals surface area contributed by atoms with E-state index < -0.39 is 0 Å². The van der Waals surface area contributed by atoms with Crippen molar-refractivity contribution in [2.45, 2.75) is 0 Å². The maximum Gasteiger partial charge on any atom is 0.178 e. The second-order valence-electron chi connectivity index (χ2n) is 4.11. The van der Waals surface area contributed by atoms with Crippen LogP contribution in [0.15, 0.2) is 54.9 Å². The molecule has 0 fully saturated rings. The second-order valence-corrected chi connectivity index (χ2v) is 4.92. The minimum Gasteiger partial charge on any atom is -0.253 e. The number of benzene rings is 1. The molecule has 0 spiro atoms. The van der Waals surface area contributed by atoms with E-state index in [1.165, 1.54) is 0 Å². The van der Waals surface area contributed by atoms with Gasteiger partial charge in [-0.2, -0.15) is 0 Å². The average molecular weight is 302 g/mol. The summed E-state index contributed by atoms with van der Waals surface area (Å²) in [7, 11) is 0. The van der Waals surface area contributed by atoms with Gasteiger partial charge in [0.1, 0.15) is 5.69 Å². The van der Waals surface area contributed by atoms with E-state index in [1.54, 1.807) is 24.5 Å². The van der Waals surface area contributed by atoms with Crippen LogP contribution in [0.5, 0.6) is 0 Å². The standard InChI is InChI=1S/C15H9Cl2N3/c16-11-5-4-10(9-12(11)17)13-6-8-19-15(20-13)14-3-1-2-7-18-14/h1-9H. The minimum absolute atomic E-state index is 0.502. The molecule has 0 saturated heterocycles. The van der Waals surface area contributed by atoms with Crippen LogP contribution in [0.2, 0.25) is 10.0 Å². The molecule has 0 amide bonds. The van der Waals surface area contributed by atoms with Crippen LogP contribution >= 0.6 is 23.2 Å². The molecular weight excluding hydrogens is 293 g/mol. The first-order valence-electron chi connectivity index (χ1n) is 5.94. The van der Waals surface area contributed by atoms with Gasteiger partial charge in [0.15, 0.2) is 5.82 Å². The van der Waals surface area contributed by atoms with Crippen LogP contribution < -0.4 is 0 Å². The van der Waals surface area contributed by atoms with Crippen molar-refractivity contribution in [3.05, 3.63) is 64.9 Å². The average Bonchev–Trinajstić information content (AvgIpc) is 2.51. The van der Waals surface area contributed by atoms with Gasteiger partial charge in [0, 0.05) is 18.0 Å². The Labute approximate surface area is 126 Å². The third-order valence-corrected chi connectivity index (χ3v) is 3.50. The van der Waals surface area contributed by atoms with Crippen molar-refractivity contribution < 1.29 is 0 Å². The molecule has 2 aromatic heterocycles. The first-order chi connectivity index (χ1) is 9.74. The van der Waals surface area contributed by atoms with Crippen molar-refractivity contribution in [2.24, 2.45) is 0 Å². The van der Waals surface area contributed by atoms with Crippen LogP contribution in [0.3, 0.4) is 0 Å². The van der Waals surface area contributed by atoms with Crippen molar-refractivity contribution in [2.75, 3.05) is 0 Å². The summed E-state index contributed by atoms with van der Waals surface area (Å²) < 4.78 is 0. The number of nitrogens with zero attached hydrogens (tertiary/aromatic N) is 3. The highest BCUT2D eigenvalue weighted by Gasteiger charge is 2.07. The predicted molar refractivity (Wildman–Crippen MR) is 80.7 cm³/mol. The number of rotatable bonds is 2. The van der Waals surface area contributed by atoms with Crippen LogP contribution in [0.25, 0.3) is 22.8 Å². The van der Waals surface area contributed by atoms with E-state index in [-0.39, 0.29) is 0 Å². The summed E-state index contributed by atoms with van der Waals surface area (Å²) in [6.45, 7) is 0. The van der Waals surface area contributed by atoms with Gasteiger partial charge in [0.05, 0.1) is 15.7 Å². The highest BCUT2D eigenvalue weighted by Crippen LogP contribution is 2.28. The van der Waals surface area contributed by atoms with E-state index in [9.17, 15) is 0 Å². The van der Waals surface area contributed by atoms with Gasteiger partial charge in [-0.3, -0.25) is 4.98 Å². The monoisotopic (exact) mass is 301 g/mol. The molecule has 0 radical (unpaired) electrons. The molecule has 0 saturated carbocycles. The minimum atomic E-state index is 0.502. The molecular formula is C15H9Cl2N3. The quantitative estimate of drug-likeness (QED) is 0.699. The normalized spacial score (nSPS) is 10.5. The second kappa shape index (κ2) is 5.57. The number of halogens is 2. The number of pyridine rings is 1. The molecule has 0 aliphatic rings. The topological polar surface area (TPSA) is 38.7 Å². The predicted octanol–water partition coefficient (Wildman–Crippen LogP) is 4.51. The molecule has 0 bridgehead atoms. The fourth-order valence-electron chi connectivity index (χ4n) is 1.79. The summed E-state index contributed by atoms with van der Waals surface area (Å²) in [4.78, 5) is 13.0. The fourth-order valence-corrected chi connectivity index (χ4v) is 2.09. The maximum absolute atomic E-state index is 6.03. The Morgan fingerprint density at radius 1 is 0.750 bits per heavy atom. The molecule has 3 rings (SSSR count). The summed E-state index contributed by atoms with van der Waals surface area (Å²) >= 11 is 12.0. The van der Waals surface area contributed by atoms with Crippen molar-refractivity contribution in [3.63, 3.8) is 0 Å². The lowest BCUT2D eigenvalue weighted by Crippen LogP contribution is -1.93. The summed E-state index contributed by atoms with van der Waals surface area (Å²) in [5.41, 5.74) is 2.40. The van der Waals surface area contributed by atoms with Crippen molar-refractivity contribution in [1.29, 1.82) is 0 Å². The zero-order valence-electron chi connectivity index (χ0n) is 10.3. The maximum atomic E-state index is 6.03. The molecule has 20 heavy (non-hydrogen) atoms. The number of hydrogen-bond donors (Lipinski definition) is 0. The Morgan fingerprint density at radius 2 is 1.65 bits per heavy atom. The largest absolute Gasteiger partial charge is 0.253 e. The third-order valence-electron chi connectivity index (χ3n) is 2.76. The third kappa shape index (κ3) is 2.64. The molecule has 0 atom stereocenters. The van der Waals surface area contributed by atoms with E-state index >= 15 is 0 Å². The van der Waals surface area contributed by atoms with Gasteiger partial charge < -0.3 is 0 Å². The summed E-state index contributed by atoms with van der Waals surface area (Å²) in [6.07, 6.45) is 3.42. The molecule has 0 aliphatic carbocycles. The molecule has 3 nitrogen and oxygen atoms in total. The zero-order valence-corrected chi connectivity index (χ0v) is 11.8. The molecule has 1 aromatic carbocycles. The molecule has 3 aromatic rings. The smallest absolute Gasteiger partial charge is 0.178 e. The molecule has 0 aliphatic heterocycles. The zero-order chi connectivity index (χ0) is 13.9. The SMILES string of the molecule is Clc1ccc(-c2ccnc(-c3ccccn3)n2)cc1Cl. The lowest BCUT2D eigenvalue weighted by Gasteiger charge is -2.05. The fraction of sp³-hybridized carbons (Fsp3) is 0. The molecule has 0 unspecified atom stereocenters. The van der Waals surface area contributed by atoms with Crippen LogP contribution in [-0.2, 0) is 0 Å². The highest BCUT2D eigenvalue weighted by molar-refractivity contribution is 6.42. The van der Waals surface area contributed by atoms with Gasteiger partial charge in [0.25, 0.3) is 0 Å². The van der Waals surface area contributed by atoms with Gasteiger partial charge >= 0.3 is 0 Å². The van der Waals surface area contributed by atoms with E-state index in [4.69, 9.17) is 23.2 Å². The summed E-state index contributed by atoms with van der Waals surface area (Å²) in [6, 6.07) is 12.9. The van der Waals surface area contributed by atoms with Crippen LogP contribution in [0.1, 0.15) is 0 Å². The Morgan fingerprint density at radius 3 is 2.40 bits per heavy atom. The summed E-state index contributed by atoms with van der Waals surface area (Å²) in [5.74, 6) is 0.578. The molecule has 98 valence electrons. The van der Waals surface area contributed by atoms with Gasteiger partial charge in [-0.25, -0.2) is 9.97 Å². The highest BCUT2D eigenvalue weighted by atomic mass is 35.5. The Bertz CT molecular complexity index is 745. The first kappa shape index (κ1) is 13.0. The van der Waals surface area contributed by atoms with Gasteiger partial charge in [-0.05, 0) is 30.3 Å². The molecule has 5 heteroatoms. The van der Waals surface area contributed by atoms with Crippen LogP contribution in [0.4, 0.5) is 0 Å². The lowest BCUT2D eigenvalue weighted by molar-refractivity contribution is 1.14. The van der Waals surface area contributed by atoms with E-state index in [0.717, 1.165) is 17.0 Å². The van der Waals surface area contributed by atoms with Crippen molar-refractivity contribution >= 4 is 23.2 Å². The Hall–Kier alpha value is -1.97. The van der Waals surface area contributed by atoms with Crippen LogP contribution in [0, 0.1) is 0 Å². The number of aromatic nitrogens is 3. The number of hydrogen-bond acceptors (Lipinski definition) is 3. The van der Waals surface area contributed by atoms with E-state index in [2.05, 4.69) is 15.0 Å². The first-order valence-corrected chi connectivity index (χ1v) is 6.69. The van der Waals surface area contributed by atoms with Gasteiger partial charge in [0.2, 0.25) is 0 Å². The van der Waals surface area contributed by atoms with E-state index in [1.807, 2.05) is 30.3 Å². The van der Waals surface area contributed by atoms with Crippen molar-refractivity contribution in [1.82, 2.24) is 15.0 Å².